The van der Waals surface area contributed by atoms with Crippen LogP contribution in [0.3, 0.4) is 0 Å². The SMILES string of the molecule is CCN1C(=O)CCN(C(=O)c2ccco2)CC12CCOCC2. The van der Waals surface area contributed by atoms with Crippen molar-refractivity contribution in [3.05, 3.63) is 24.2 Å². The van der Waals surface area contributed by atoms with E-state index in [4.69, 9.17) is 9.15 Å². The number of hydrogen-bond donors (Lipinski definition) is 0. The van der Waals surface area contributed by atoms with E-state index < -0.39 is 0 Å². The number of furan rings is 1. The summed E-state index contributed by atoms with van der Waals surface area (Å²) in [6, 6.07) is 3.38. The standard InChI is InChI=1S/C16H22N2O4/c1-2-18-14(19)5-8-17(15(20)13-4-3-9-22-13)12-16(18)6-10-21-11-7-16/h3-4,9H,2,5-8,10-12H2,1H3. The van der Waals surface area contributed by atoms with Gasteiger partial charge in [0, 0.05) is 39.3 Å². The van der Waals surface area contributed by atoms with Crippen molar-refractivity contribution in [2.24, 2.45) is 0 Å². The molecule has 1 aromatic heterocycles. The van der Waals surface area contributed by atoms with E-state index in [-0.39, 0.29) is 17.4 Å². The minimum atomic E-state index is -0.303. The summed E-state index contributed by atoms with van der Waals surface area (Å²) in [6.45, 7) is 4.92. The number of amides is 2. The number of hydrogen-bond acceptors (Lipinski definition) is 4. The zero-order chi connectivity index (χ0) is 15.6. The van der Waals surface area contributed by atoms with Gasteiger partial charge in [-0.15, -0.1) is 0 Å². The molecule has 6 heteroatoms. The Morgan fingerprint density at radius 1 is 1.36 bits per heavy atom. The molecule has 0 atom stereocenters. The van der Waals surface area contributed by atoms with Crippen LogP contribution in [0, 0.1) is 0 Å². The summed E-state index contributed by atoms with van der Waals surface area (Å²) in [4.78, 5) is 28.8. The molecular weight excluding hydrogens is 284 g/mol. The first-order valence-electron chi connectivity index (χ1n) is 7.87. The van der Waals surface area contributed by atoms with Crippen molar-refractivity contribution in [2.75, 3.05) is 32.8 Å². The predicted molar refractivity (Wildman–Crippen MR) is 79.4 cm³/mol. The third-order valence-corrected chi connectivity index (χ3v) is 4.71. The molecule has 0 radical (unpaired) electrons. The van der Waals surface area contributed by atoms with E-state index in [1.807, 2.05) is 11.8 Å². The van der Waals surface area contributed by atoms with Crippen molar-refractivity contribution in [3.8, 4) is 0 Å². The van der Waals surface area contributed by atoms with Crippen molar-refractivity contribution >= 4 is 11.8 Å². The van der Waals surface area contributed by atoms with Gasteiger partial charge in [-0.3, -0.25) is 9.59 Å². The molecule has 1 aromatic rings. The van der Waals surface area contributed by atoms with Gasteiger partial charge in [0.05, 0.1) is 11.8 Å². The molecule has 2 aliphatic heterocycles. The Morgan fingerprint density at radius 3 is 2.77 bits per heavy atom. The zero-order valence-electron chi connectivity index (χ0n) is 12.9. The Bertz CT molecular complexity index is 534. The topological polar surface area (TPSA) is 63.0 Å². The number of nitrogens with zero attached hydrogens (tertiary/aromatic N) is 2. The Kier molecular flexibility index (Phi) is 4.20. The van der Waals surface area contributed by atoms with Gasteiger partial charge in [-0.1, -0.05) is 0 Å². The second-order valence-corrected chi connectivity index (χ2v) is 5.93. The number of ether oxygens (including phenoxy) is 1. The van der Waals surface area contributed by atoms with Crippen LogP contribution in [0.25, 0.3) is 0 Å². The van der Waals surface area contributed by atoms with Gasteiger partial charge in [-0.2, -0.15) is 0 Å². The summed E-state index contributed by atoms with van der Waals surface area (Å²) in [5.74, 6) is 0.320. The van der Waals surface area contributed by atoms with E-state index in [2.05, 4.69) is 0 Å². The molecular formula is C16H22N2O4. The van der Waals surface area contributed by atoms with Crippen LogP contribution in [0.2, 0.25) is 0 Å². The largest absolute Gasteiger partial charge is 0.459 e. The molecule has 0 saturated carbocycles. The number of likely N-dealkylation sites (N-methyl/N-ethyl adjacent to an activating group) is 1. The van der Waals surface area contributed by atoms with E-state index in [9.17, 15) is 9.59 Å². The normalized spacial score (nSPS) is 22.0. The van der Waals surface area contributed by atoms with Crippen LogP contribution in [0.1, 0.15) is 36.7 Å². The quantitative estimate of drug-likeness (QED) is 0.831. The number of rotatable bonds is 2. The third kappa shape index (κ3) is 2.63. The number of carbonyl (C=O) groups excluding carboxylic acids is 2. The zero-order valence-corrected chi connectivity index (χ0v) is 12.9. The first kappa shape index (κ1) is 15.1. The minimum absolute atomic E-state index is 0.124. The highest BCUT2D eigenvalue weighted by atomic mass is 16.5. The molecule has 0 unspecified atom stereocenters. The van der Waals surface area contributed by atoms with Crippen LogP contribution < -0.4 is 0 Å². The van der Waals surface area contributed by atoms with E-state index >= 15 is 0 Å². The fraction of sp³-hybridized carbons (Fsp3) is 0.625. The molecule has 6 nitrogen and oxygen atoms in total. The van der Waals surface area contributed by atoms with E-state index in [0.717, 1.165) is 12.8 Å². The van der Waals surface area contributed by atoms with Crippen molar-refractivity contribution in [2.45, 2.75) is 31.7 Å². The molecule has 2 fully saturated rings. The highest BCUT2D eigenvalue weighted by molar-refractivity contribution is 5.92. The lowest BCUT2D eigenvalue weighted by atomic mass is 9.87. The first-order valence-corrected chi connectivity index (χ1v) is 7.87. The number of carbonyl (C=O) groups is 2. The van der Waals surface area contributed by atoms with Crippen LogP contribution in [0.15, 0.2) is 22.8 Å². The van der Waals surface area contributed by atoms with Gasteiger partial charge in [0.15, 0.2) is 5.76 Å². The van der Waals surface area contributed by atoms with E-state index in [1.165, 1.54) is 6.26 Å². The monoisotopic (exact) mass is 306 g/mol. The summed E-state index contributed by atoms with van der Waals surface area (Å²) >= 11 is 0. The van der Waals surface area contributed by atoms with Crippen LogP contribution in [-0.2, 0) is 9.53 Å². The molecule has 2 saturated heterocycles. The summed E-state index contributed by atoms with van der Waals surface area (Å²) in [6.07, 6.45) is 3.41. The highest BCUT2D eigenvalue weighted by Gasteiger charge is 2.44. The lowest BCUT2D eigenvalue weighted by Crippen LogP contribution is -2.58. The maximum atomic E-state index is 12.6. The molecule has 2 aliphatic rings. The predicted octanol–water partition coefficient (Wildman–Crippen LogP) is 1.52. The fourth-order valence-electron chi connectivity index (χ4n) is 3.57. The molecule has 0 N–H and O–H groups in total. The van der Waals surface area contributed by atoms with E-state index in [0.29, 0.717) is 45.0 Å². The van der Waals surface area contributed by atoms with Crippen LogP contribution >= 0.6 is 0 Å². The lowest BCUT2D eigenvalue weighted by molar-refractivity contribution is -0.139. The van der Waals surface area contributed by atoms with Gasteiger partial charge >= 0.3 is 0 Å². The van der Waals surface area contributed by atoms with Crippen molar-refractivity contribution in [1.29, 1.82) is 0 Å². The second-order valence-electron chi connectivity index (χ2n) is 5.93. The van der Waals surface area contributed by atoms with Crippen LogP contribution in [0.5, 0.6) is 0 Å². The van der Waals surface area contributed by atoms with E-state index in [1.54, 1.807) is 17.0 Å². The second kappa shape index (κ2) is 6.12. The van der Waals surface area contributed by atoms with Gasteiger partial charge in [-0.25, -0.2) is 0 Å². The Morgan fingerprint density at radius 2 is 2.14 bits per heavy atom. The maximum Gasteiger partial charge on any atom is 0.289 e. The van der Waals surface area contributed by atoms with Crippen molar-refractivity contribution in [1.82, 2.24) is 9.80 Å². The molecule has 0 bridgehead atoms. The maximum absolute atomic E-state index is 12.6. The molecule has 2 amide bonds. The minimum Gasteiger partial charge on any atom is -0.459 e. The van der Waals surface area contributed by atoms with Crippen molar-refractivity contribution in [3.63, 3.8) is 0 Å². The van der Waals surface area contributed by atoms with Crippen LogP contribution in [0.4, 0.5) is 0 Å². The van der Waals surface area contributed by atoms with Gasteiger partial charge in [0.25, 0.3) is 5.91 Å². The summed E-state index contributed by atoms with van der Waals surface area (Å²) < 4.78 is 10.7. The van der Waals surface area contributed by atoms with Crippen molar-refractivity contribution < 1.29 is 18.7 Å². The molecule has 0 aliphatic carbocycles. The molecule has 3 heterocycles. The molecule has 1 spiro atoms. The van der Waals surface area contributed by atoms with Gasteiger partial charge in [0.1, 0.15) is 0 Å². The van der Waals surface area contributed by atoms with Gasteiger partial charge in [-0.05, 0) is 31.9 Å². The lowest BCUT2D eigenvalue weighted by Gasteiger charge is -2.46. The Hall–Kier alpha value is -1.82. The summed E-state index contributed by atoms with van der Waals surface area (Å²) in [5, 5.41) is 0. The smallest absolute Gasteiger partial charge is 0.289 e. The average Bonchev–Trinajstić information content (AvgIpc) is 3.02. The Balaban J connectivity index is 1.88. The van der Waals surface area contributed by atoms with Gasteiger partial charge < -0.3 is 19.0 Å². The van der Waals surface area contributed by atoms with Crippen LogP contribution in [-0.4, -0.2) is 60.0 Å². The molecule has 120 valence electrons. The summed E-state index contributed by atoms with van der Waals surface area (Å²) in [7, 11) is 0. The average molecular weight is 306 g/mol. The first-order chi connectivity index (χ1) is 10.7. The Labute approximate surface area is 130 Å². The molecule has 0 aromatic carbocycles. The summed E-state index contributed by atoms with van der Waals surface area (Å²) in [5.41, 5.74) is -0.303. The fourth-order valence-corrected chi connectivity index (χ4v) is 3.57. The molecule has 22 heavy (non-hydrogen) atoms. The van der Waals surface area contributed by atoms with Gasteiger partial charge in [0.2, 0.25) is 5.91 Å². The molecule has 3 rings (SSSR count). The highest BCUT2D eigenvalue weighted by Crippen LogP contribution is 2.32. The third-order valence-electron chi connectivity index (χ3n) is 4.71.